The van der Waals surface area contributed by atoms with Crippen LogP contribution in [-0.4, -0.2) is 53.2 Å². The molecule has 4 rings (SSSR count). The minimum absolute atomic E-state index is 0. The van der Waals surface area contributed by atoms with Gasteiger partial charge < -0.3 is 20.5 Å². The molecular weight excluding hydrogens is 459 g/mol. The van der Waals surface area contributed by atoms with E-state index in [9.17, 15) is 18.0 Å². The highest BCUT2D eigenvalue weighted by Crippen LogP contribution is 2.48. The maximum atomic E-state index is 15.0. The fourth-order valence-corrected chi connectivity index (χ4v) is 4.96. The molecule has 1 saturated heterocycles. The Morgan fingerprint density at radius 2 is 2.18 bits per heavy atom. The third kappa shape index (κ3) is 4.82. The first-order chi connectivity index (χ1) is 15.3. The van der Waals surface area contributed by atoms with E-state index in [0.717, 1.165) is 12.4 Å². The summed E-state index contributed by atoms with van der Waals surface area (Å²) < 4.78 is 51.4. The number of nitrogens with zero attached hydrogens (tertiary/aromatic N) is 3. The van der Waals surface area contributed by atoms with Gasteiger partial charge >= 0.3 is 0 Å². The molecule has 1 aromatic heterocycles. The fourth-order valence-electron chi connectivity index (χ4n) is 3.89. The summed E-state index contributed by atoms with van der Waals surface area (Å²) in [5, 5.41) is 2.92. The normalized spacial score (nSPS) is 24.1. The Balaban J connectivity index is 0.00000306. The number of anilines is 1. The van der Waals surface area contributed by atoms with E-state index >= 15 is 0 Å². The van der Waals surface area contributed by atoms with E-state index in [1.165, 1.54) is 30.0 Å². The van der Waals surface area contributed by atoms with Crippen molar-refractivity contribution in [1.82, 2.24) is 9.97 Å². The quantitative estimate of drug-likeness (QED) is 0.648. The molecule has 12 heteroatoms. The molecule has 0 saturated carbocycles. The number of alkyl halides is 2. The number of rotatable bonds is 6. The summed E-state index contributed by atoms with van der Waals surface area (Å²) in [6.45, 7) is 0.440. The van der Waals surface area contributed by atoms with Gasteiger partial charge in [0.05, 0.1) is 31.7 Å². The minimum Gasteiger partial charge on any atom is -0.382 e. The highest BCUT2D eigenvalue weighted by Gasteiger charge is 2.54. The lowest BCUT2D eigenvalue weighted by Gasteiger charge is -2.36. The Morgan fingerprint density at radius 3 is 2.85 bits per heavy atom. The van der Waals surface area contributed by atoms with Gasteiger partial charge in [0.2, 0.25) is 0 Å². The molecule has 0 spiro atoms. The summed E-state index contributed by atoms with van der Waals surface area (Å²) in [4.78, 5) is 24.3. The van der Waals surface area contributed by atoms with Crippen LogP contribution >= 0.6 is 11.8 Å². The highest BCUT2D eigenvalue weighted by molar-refractivity contribution is 8.13. The van der Waals surface area contributed by atoms with Gasteiger partial charge in [0.1, 0.15) is 22.7 Å². The van der Waals surface area contributed by atoms with Gasteiger partial charge in [0.25, 0.3) is 12.3 Å². The molecule has 33 heavy (non-hydrogen) atoms. The Morgan fingerprint density at radius 1 is 1.39 bits per heavy atom. The zero-order chi connectivity index (χ0) is 22.9. The lowest BCUT2D eigenvalue weighted by atomic mass is 9.78. The van der Waals surface area contributed by atoms with Gasteiger partial charge in [-0.1, -0.05) is 19.2 Å². The maximum Gasteiger partial charge on any atom is 0.281 e. The van der Waals surface area contributed by atoms with Crippen molar-refractivity contribution >= 4 is 28.5 Å². The first kappa shape index (κ1) is 24.9. The van der Waals surface area contributed by atoms with E-state index in [2.05, 4.69) is 20.3 Å². The number of amidine groups is 1. The van der Waals surface area contributed by atoms with E-state index in [0.29, 0.717) is 17.5 Å². The second-order valence-electron chi connectivity index (χ2n) is 7.37. The van der Waals surface area contributed by atoms with Crippen molar-refractivity contribution in [1.29, 1.82) is 0 Å². The van der Waals surface area contributed by atoms with Crippen LogP contribution in [0.5, 0.6) is 0 Å². The molecule has 0 aliphatic carbocycles. The number of nitrogens with two attached hydrogens (primary N) is 1. The standard InChI is InChI=1S/C20H20F3N5O3S.CH4/c1-30-7-16-12-8-32-19(24)28-20(12,9-31-16)11-4-10(2-3-13(11)21)27-18(29)15-6-25-14(5-26-15)17(22)23;/h2-6,12,16-17H,7-9H2,1H3,(H2,24,28)(H,27,29);1H4/t12-,16-,20-;/m1./s1. The van der Waals surface area contributed by atoms with Gasteiger partial charge in [0.15, 0.2) is 5.17 Å². The molecule has 3 N–H and O–H groups in total. The Bertz CT molecular complexity index is 1040. The van der Waals surface area contributed by atoms with E-state index in [-0.39, 0.29) is 43.0 Å². The Hall–Kier alpha value is -2.70. The number of carbonyl (C=O) groups is 1. The third-order valence-corrected chi connectivity index (χ3v) is 6.36. The number of hydrogen-bond acceptors (Lipinski definition) is 8. The average Bonchev–Trinajstić information content (AvgIpc) is 3.13. The molecule has 0 unspecified atom stereocenters. The Labute approximate surface area is 193 Å². The number of amides is 1. The number of carbonyl (C=O) groups excluding carboxylic acids is 1. The van der Waals surface area contributed by atoms with Crippen molar-refractivity contribution in [3.05, 3.63) is 53.4 Å². The second kappa shape index (κ2) is 10.1. The molecule has 8 nitrogen and oxygen atoms in total. The monoisotopic (exact) mass is 483 g/mol. The largest absolute Gasteiger partial charge is 0.382 e. The van der Waals surface area contributed by atoms with E-state index < -0.39 is 29.4 Å². The van der Waals surface area contributed by atoms with Crippen LogP contribution in [0.3, 0.4) is 0 Å². The van der Waals surface area contributed by atoms with Crippen LogP contribution in [0, 0.1) is 11.7 Å². The van der Waals surface area contributed by atoms with Crippen LogP contribution in [0.15, 0.2) is 35.6 Å². The van der Waals surface area contributed by atoms with Crippen LogP contribution < -0.4 is 11.1 Å². The molecular formula is C21H24F3N5O3S. The van der Waals surface area contributed by atoms with E-state index in [1.54, 1.807) is 7.11 Å². The van der Waals surface area contributed by atoms with Gasteiger partial charge in [-0.2, -0.15) is 0 Å². The summed E-state index contributed by atoms with van der Waals surface area (Å²) in [7, 11) is 1.56. The van der Waals surface area contributed by atoms with Gasteiger partial charge in [-0.25, -0.2) is 23.1 Å². The van der Waals surface area contributed by atoms with Crippen molar-refractivity contribution in [3.63, 3.8) is 0 Å². The molecule has 2 aliphatic rings. The van der Waals surface area contributed by atoms with Crippen LogP contribution in [0.4, 0.5) is 18.9 Å². The van der Waals surface area contributed by atoms with Crippen LogP contribution in [0.2, 0.25) is 0 Å². The molecule has 1 amide bonds. The summed E-state index contributed by atoms with van der Waals surface area (Å²) in [6, 6.07) is 4.09. The zero-order valence-electron chi connectivity index (χ0n) is 16.9. The number of nitrogens with one attached hydrogen (secondary N) is 1. The molecule has 0 radical (unpaired) electrons. The molecule has 2 aromatic rings. The molecule has 0 bridgehead atoms. The van der Waals surface area contributed by atoms with Crippen molar-refractivity contribution in [2.75, 3.05) is 31.4 Å². The molecule has 3 heterocycles. The Kier molecular flexibility index (Phi) is 7.60. The van der Waals surface area contributed by atoms with E-state index in [4.69, 9.17) is 15.2 Å². The third-order valence-electron chi connectivity index (χ3n) is 5.45. The zero-order valence-corrected chi connectivity index (χ0v) is 17.7. The van der Waals surface area contributed by atoms with Gasteiger partial charge in [-0.3, -0.25) is 9.78 Å². The number of methoxy groups -OCH3 is 1. The van der Waals surface area contributed by atoms with Crippen LogP contribution in [0.25, 0.3) is 0 Å². The lowest BCUT2D eigenvalue weighted by molar-refractivity contribution is 0.0240. The lowest BCUT2D eigenvalue weighted by Crippen LogP contribution is -2.43. The summed E-state index contributed by atoms with van der Waals surface area (Å²) in [5.74, 6) is -0.801. The predicted octanol–water partition coefficient (Wildman–Crippen LogP) is 3.36. The summed E-state index contributed by atoms with van der Waals surface area (Å²) >= 11 is 1.37. The molecule has 2 aliphatic heterocycles. The number of halogens is 3. The number of fused-ring (bicyclic) bond motifs is 1. The summed E-state index contributed by atoms with van der Waals surface area (Å²) in [5.41, 5.74) is 4.75. The number of hydrogen-bond donors (Lipinski definition) is 2. The smallest absolute Gasteiger partial charge is 0.281 e. The van der Waals surface area contributed by atoms with Gasteiger partial charge in [-0.15, -0.1) is 0 Å². The second-order valence-corrected chi connectivity index (χ2v) is 8.41. The first-order valence-electron chi connectivity index (χ1n) is 9.64. The number of ether oxygens (including phenoxy) is 2. The minimum atomic E-state index is -2.79. The molecule has 178 valence electrons. The van der Waals surface area contributed by atoms with Crippen molar-refractivity contribution in [2.45, 2.75) is 25.5 Å². The number of benzene rings is 1. The maximum absolute atomic E-state index is 15.0. The van der Waals surface area contributed by atoms with Gasteiger partial charge in [-0.05, 0) is 18.2 Å². The SMILES string of the molecule is C.COC[C@H]1OC[C@]2(c3cc(NC(=O)c4cnc(C(F)F)cn4)ccc3F)N=C(N)SC[C@H]12. The van der Waals surface area contributed by atoms with E-state index in [1.807, 2.05) is 0 Å². The van der Waals surface area contributed by atoms with Crippen LogP contribution in [0.1, 0.15) is 35.6 Å². The summed E-state index contributed by atoms with van der Waals surface area (Å²) in [6.07, 6.45) is -1.28. The molecule has 1 fully saturated rings. The number of aliphatic imine (C=N–C) groups is 1. The number of thioether (sulfide) groups is 1. The van der Waals surface area contributed by atoms with Crippen LogP contribution in [-0.2, 0) is 15.0 Å². The number of aromatic nitrogens is 2. The van der Waals surface area contributed by atoms with Crippen molar-refractivity contribution in [2.24, 2.45) is 16.6 Å². The van der Waals surface area contributed by atoms with Crippen molar-refractivity contribution < 1.29 is 27.4 Å². The predicted molar refractivity (Wildman–Crippen MR) is 119 cm³/mol. The average molecular weight is 484 g/mol. The highest BCUT2D eigenvalue weighted by atomic mass is 32.2. The van der Waals surface area contributed by atoms with Crippen molar-refractivity contribution in [3.8, 4) is 0 Å². The first-order valence-corrected chi connectivity index (χ1v) is 10.6. The molecule has 1 aromatic carbocycles. The molecule has 3 atom stereocenters. The fraction of sp³-hybridized carbons (Fsp3) is 0.429. The topological polar surface area (TPSA) is 112 Å². The van der Waals surface area contributed by atoms with Gasteiger partial charge in [0, 0.05) is 30.0 Å².